The minimum atomic E-state index is -0.0902. The maximum atomic E-state index is 12.1. The molecule has 0 N–H and O–H groups in total. The van der Waals surface area contributed by atoms with Crippen molar-refractivity contribution in [3.05, 3.63) is 65.0 Å². The number of nitriles is 1. The topological polar surface area (TPSA) is 53.8 Å². The van der Waals surface area contributed by atoms with Crippen LogP contribution < -0.4 is 0 Å². The van der Waals surface area contributed by atoms with Crippen LogP contribution in [-0.4, -0.2) is 10.8 Å². The fourth-order valence-electron chi connectivity index (χ4n) is 1.58. The third-order valence-corrected chi connectivity index (χ3v) is 2.41. The van der Waals surface area contributed by atoms with Gasteiger partial charge in [0.2, 0.25) is 0 Å². The van der Waals surface area contributed by atoms with Crippen molar-refractivity contribution >= 4 is 5.78 Å². The monoisotopic (exact) mass is 222 g/mol. The smallest absolute Gasteiger partial charge is 0.193 e. The molecular formula is C14H10N2O. The predicted molar refractivity (Wildman–Crippen MR) is 63.6 cm³/mol. The summed E-state index contributed by atoms with van der Waals surface area (Å²) in [5.41, 5.74) is 2.40. The SMILES string of the molecule is Cc1cc(C(=O)c2cccc(C#N)c2)ccn1. The van der Waals surface area contributed by atoms with E-state index in [2.05, 4.69) is 4.98 Å². The van der Waals surface area contributed by atoms with E-state index < -0.39 is 0 Å². The van der Waals surface area contributed by atoms with Gasteiger partial charge in [-0.05, 0) is 31.2 Å². The highest BCUT2D eigenvalue weighted by atomic mass is 16.1. The Balaban J connectivity index is 2.41. The number of carbonyl (C=O) groups is 1. The van der Waals surface area contributed by atoms with Crippen LogP contribution in [0.2, 0.25) is 0 Å². The van der Waals surface area contributed by atoms with Crippen molar-refractivity contribution in [2.75, 3.05) is 0 Å². The molecule has 0 aliphatic carbocycles. The second-order valence-corrected chi connectivity index (χ2v) is 3.71. The van der Waals surface area contributed by atoms with Gasteiger partial charge in [0, 0.05) is 23.0 Å². The van der Waals surface area contributed by atoms with Crippen molar-refractivity contribution in [1.29, 1.82) is 5.26 Å². The number of hydrogen-bond donors (Lipinski definition) is 0. The molecule has 3 heteroatoms. The van der Waals surface area contributed by atoms with Crippen LogP contribution in [0.25, 0.3) is 0 Å². The lowest BCUT2D eigenvalue weighted by Gasteiger charge is -2.02. The first-order valence-electron chi connectivity index (χ1n) is 5.18. The van der Waals surface area contributed by atoms with E-state index in [0.29, 0.717) is 16.7 Å². The summed E-state index contributed by atoms with van der Waals surface area (Å²) in [5.74, 6) is -0.0902. The van der Waals surface area contributed by atoms with Gasteiger partial charge in [-0.25, -0.2) is 0 Å². The van der Waals surface area contributed by atoms with Crippen molar-refractivity contribution in [1.82, 2.24) is 4.98 Å². The molecule has 0 aliphatic rings. The molecule has 0 fully saturated rings. The third kappa shape index (κ3) is 2.37. The number of carbonyl (C=O) groups excluding carboxylic acids is 1. The number of rotatable bonds is 2. The second kappa shape index (κ2) is 4.58. The molecule has 1 heterocycles. The first-order chi connectivity index (χ1) is 8.20. The van der Waals surface area contributed by atoms with E-state index in [1.54, 1.807) is 42.6 Å². The fourth-order valence-corrected chi connectivity index (χ4v) is 1.58. The lowest BCUT2D eigenvalue weighted by molar-refractivity contribution is 0.103. The molecule has 1 aromatic heterocycles. The third-order valence-electron chi connectivity index (χ3n) is 2.41. The lowest BCUT2D eigenvalue weighted by Crippen LogP contribution is -2.02. The van der Waals surface area contributed by atoms with Gasteiger partial charge in [0.05, 0.1) is 11.6 Å². The second-order valence-electron chi connectivity index (χ2n) is 3.71. The average Bonchev–Trinajstić information content (AvgIpc) is 2.38. The van der Waals surface area contributed by atoms with Crippen molar-refractivity contribution < 1.29 is 4.79 Å². The maximum absolute atomic E-state index is 12.1. The summed E-state index contributed by atoms with van der Waals surface area (Å²) >= 11 is 0. The Bertz CT molecular complexity index is 612. The van der Waals surface area contributed by atoms with Gasteiger partial charge < -0.3 is 0 Å². The van der Waals surface area contributed by atoms with Crippen molar-refractivity contribution in [2.45, 2.75) is 6.92 Å². The Kier molecular flexibility index (Phi) is 2.97. The van der Waals surface area contributed by atoms with Gasteiger partial charge in [-0.2, -0.15) is 5.26 Å². The largest absolute Gasteiger partial charge is 0.289 e. The van der Waals surface area contributed by atoms with Crippen LogP contribution in [0.5, 0.6) is 0 Å². The summed E-state index contributed by atoms with van der Waals surface area (Å²) in [7, 11) is 0. The standard InChI is InChI=1S/C14H10N2O/c1-10-7-13(5-6-16-10)14(17)12-4-2-3-11(8-12)9-15/h2-8H,1H3. The van der Waals surface area contributed by atoms with Crippen LogP contribution in [0.3, 0.4) is 0 Å². The minimum Gasteiger partial charge on any atom is -0.289 e. The minimum absolute atomic E-state index is 0.0902. The molecule has 17 heavy (non-hydrogen) atoms. The van der Waals surface area contributed by atoms with Crippen LogP contribution >= 0.6 is 0 Å². The maximum Gasteiger partial charge on any atom is 0.193 e. The number of aryl methyl sites for hydroxylation is 1. The molecule has 2 aromatic rings. The first-order valence-corrected chi connectivity index (χ1v) is 5.18. The van der Waals surface area contributed by atoms with Gasteiger partial charge in [0.25, 0.3) is 0 Å². The molecule has 0 unspecified atom stereocenters. The first kappa shape index (κ1) is 11.0. The van der Waals surface area contributed by atoms with E-state index in [-0.39, 0.29) is 5.78 Å². The van der Waals surface area contributed by atoms with Crippen molar-refractivity contribution in [2.24, 2.45) is 0 Å². The summed E-state index contributed by atoms with van der Waals surface area (Å²) in [4.78, 5) is 16.2. The molecule has 82 valence electrons. The zero-order valence-corrected chi connectivity index (χ0v) is 9.34. The average molecular weight is 222 g/mol. The highest BCUT2D eigenvalue weighted by Gasteiger charge is 2.09. The van der Waals surface area contributed by atoms with Crippen LogP contribution in [0.4, 0.5) is 0 Å². The highest BCUT2D eigenvalue weighted by Crippen LogP contribution is 2.11. The van der Waals surface area contributed by atoms with Crippen LogP contribution in [0.1, 0.15) is 27.2 Å². The van der Waals surface area contributed by atoms with E-state index in [1.165, 1.54) is 0 Å². The van der Waals surface area contributed by atoms with Gasteiger partial charge in [0.15, 0.2) is 5.78 Å². The zero-order valence-electron chi connectivity index (χ0n) is 9.34. The molecule has 2 rings (SSSR count). The summed E-state index contributed by atoms with van der Waals surface area (Å²) in [6, 6.07) is 12.1. The number of hydrogen-bond acceptors (Lipinski definition) is 3. The Morgan fingerprint density at radius 1 is 1.24 bits per heavy atom. The van der Waals surface area contributed by atoms with E-state index in [9.17, 15) is 4.79 Å². The van der Waals surface area contributed by atoms with Crippen LogP contribution in [0, 0.1) is 18.3 Å². The number of nitrogens with zero attached hydrogens (tertiary/aromatic N) is 2. The molecule has 0 bridgehead atoms. The van der Waals surface area contributed by atoms with E-state index in [4.69, 9.17) is 5.26 Å². The van der Waals surface area contributed by atoms with Crippen molar-refractivity contribution in [3.8, 4) is 6.07 Å². The molecule has 0 amide bonds. The van der Waals surface area contributed by atoms with Crippen molar-refractivity contribution in [3.63, 3.8) is 0 Å². The quantitative estimate of drug-likeness (QED) is 0.733. The van der Waals surface area contributed by atoms with E-state index in [0.717, 1.165) is 5.69 Å². The Morgan fingerprint density at radius 3 is 2.71 bits per heavy atom. The molecule has 0 atom stereocenters. The van der Waals surface area contributed by atoms with Crippen LogP contribution in [-0.2, 0) is 0 Å². The molecule has 0 radical (unpaired) electrons. The molecule has 0 aliphatic heterocycles. The number of pyridine rings is 1. The number of benzene rings is 1. The molecule has 1 aromatic carbocycles. The molecule has 0 saturated heterocycles. The van der Waals surface area contributed by atoms with Gasteiger partial charge >= 0.3 is 0 Å². The zero-order chi connectivity index (χ0) is 12.3. The van der Waals surface area contributed by atoms with E-state index >= 15 is 0 Å². The molecule has 0 spiro atoms. The highest BCUT2D eigenvalue weighted by molar-refractivity contribution is 6.09. The molecule has 3 nitrogen and oxygen atoms in total. The normalized spacial score (nSPS) is 9.65. The van der Waals surface area contributed by atoms with E-state index in [1.807, 2.05) is 13.0 Å². The summed E-state index contributed by atoms with van der Waals surface area (Å²) < 4.78 is 0. The lowest BCUT2D eigenvalue weighted by atomic mass is 10.0. The Labute approximate surface area is 99.4 Å². The Hall–Kier alpha value is -2.47. The predicted octanol–water partition coefficient (Wildman–Crippen LogP) is 2.49. The molecular weight excluding hydrogens is 212 g/mol. The number of aromatic nitrogens is 1. The van der Waals surface area contributed by atoms with Gasteiger partial charge in [-0.3, -0.25) is 9.78 Å². The van der Waals surface area contributed by atoms with Crippen LogP contribution in [0.15, 0.2) is 42.6 Å². The van der Waals surface area contributed by atoms with Gasteiger partial charge in [0.1, 0.15) is 0 Å². The summed E-state index contributed by atoms with van der Waals surface area (Å²) in [5, 5.41) is 8.79. The summed E-state index contributed by atoms with van der Waals surface area (Å²) in [6.07, 6.45) is 1.61. The number of ketones is 1. The fraction of sp³-hybridized carbons (Fsp3) is 0.0714. The molecule has 0 saturated carbocycles. The van der Waals surface area contributed by atoms with Gasteiger partial charge in [-0.1, -0.05) is 12.1 Å². The summed E-state index contributed by atoms with van der Waals surface area (Å²) in [6.45, 7) is 1.84. The Morgan fingerprint density at radius 2 is 2.00 bits per heavy atom. The van der Waals surface area contributed by atoms with Gasteiger partial charge in [-0.15, -0.1) is 0 Å².